The Labute approximate surface area is 170 Å². The number of nitrogens with zero attached hydrogens (tertiary/aromatic N) is 4. The third-order valence-electron chi connectivity index (χ3n) is 4.42. The van der Waals surface area contributed by atoms with Gasteiger partial charge in [0.15, 0.2) is 11.8 Å². The molecule has 1 atom stereocenters. The largest absolute Gasteiger partial charge is 0.496 e. The first-order chi connectivity index (χ1) is 14.1. The zero-order valence-electron chi connectivity index (χ0n) is 17.1. The van der Waals surface area contributed by atoms with Gasteiger partial charge in [0, 0.05) is 31.8 Å². The highest BCUT2D eigenvalue weighted by Gasteiger charge is 2.14. The molecule has 8 nitrogen and oxygen atoms in total. The Kier molecular flexibility index (Phi) is 6.78. The number of pyridine rings is 1. The maximum Gasteiger partial charge on any atom is 0.276 e. The molecule has 0 radical (unpaired) electrons. The van der Waals surface area contributed by atoms with E-state index in [0.29, 0.717) is 36.3 Å². The van der Waals surface area contributed by atoms with Crippen molar-refractivity contribution in [3.05, 3.63) is 59.5 Å². The molecule has 2 N–H and O–H groups in total. The maximum absolute atomic E-state index is 5.48. The van der Waals surface area contributed by atoms with Crippen molar-refractivity contribution in [3.8, 4) is 17.3 Å². The summed E-state index contributed by atoms with van der Waals surface area (Å²) in [5.41, 5.74) is 2.92. The van der Waals surface area contributed by atoms with Crippen LogP contribution in [0, 0.1) is 6.92 Å². The van der Waals surface area contributed by atoms with E-state index in [9.17, 15) is 0 Å². The van der Waals surface area contributed by atoms with Crippen LogP contribution in [0.25, 0.3) is 11.6 Å². The molecule has 1 aromatic carbocycles. The van der Waals surface area contributed by atoms with E-state index >= 15 is 0 Å². The standard InChI is InChI=1S/C21H26N6O2/c1-14-8-9-18(28-4)16(13-14)15(2)25-21(22-3)24-12-10-19-26-20(29-27-19)17-7-5-6-11-23-17/h5-9,11,13,15H,10,12H2,1-4H3,(H2,22,24,25). The van der Waals surface area contributed by atoms with Crippen molar-refractivity contribution in [1.82, 2.24) is 25.8 Å². The third kappa shape index (κ3) is 5.31. The lowest BCUT2D eigenvalue weighted by Crippen LogP contribution is -2.39. The Hall–Kier alpha value is -3.42. The minimum Gasteiger partial charge on any atom is -0.496 e. The molecule has 0 aliphatic carbocycles. The van der Waals surface area contributed by atoms with Crippen molar-refractivity contribution in [1.29, 1.82) is 0 Å². The zero-order chi connectivity index (χ0) is 20.6. The molecule has 0 aliphatic heterocycles. The van der Waals surface area contributed by atoms with Gasteiger partial charge in [0.1, 0.15) is 11.4 Å². The Morgan fingerprint density at radius 3 is 2.86 bits per heavy atom. The second-order valence-corrected chi connectivity index (χ2v) is 6.59. The quantitative estimate of drug-likeness (QED) is 0.470. The van der Waals surface area contributed by atoms with E-state index in [1.54, 1.807) is 20.4 Å². The highest BCUT2D eigenvalue weighted by molar-refractivity contribution is 5.80. The molecule has 152 valence electrons. The number of ether oxygens (including phenoxy) is 1. The van der Waals surface area contributed by atoms with Crippen LogP contribution < -0.4 is 15.4 Å². The van der Waals surface area contributed by atoms with Crippen molar-refractivity contribution in [2.45, 2.75) is 26.3 Å². The van der Waals surface area contributed by atoms with Gasteiger partial charge in [-0.3, -0.25) is 9.98 Å². The Bertz CT molecular complexity index is 955. The summed E-state index contributed by atoms with van der Waals surface area (Å²) in [6.07, 6.45) is 2.29. The average Bonchev–Trinajstić information content (AvgIpc) is 3.22. The molecule has 3 aromatic rings. The van der Waals surface area contributed by atoms with Crippen LogP contribution in [-0.2, 0) is 6.42 Å². The van der Waals surface area contributed by atoms with E-state index in [1.165, 1.54) is 5.56 Å². The lowest BCUT2D eigenvalue weighted by Gasteiger charge is -2.20. The van der Waals surface area contributed by atoms with Crippen molar-refractivity contribution < 1.29 is 9.26 Å². The van der Waals surface area contributed by atoms with E-state index in [1.807, 2.05) is 30.3 Å². The Balaban J connectivity index is 1.55. The summed E-state index contributed by atoms with van der Waals surface area (Å²) < 4.78 is 10.8. The van der Waals surface area contributed by atoms with Gasteiger partial charge in [0.05, 0.1) is 13.2 Å². The van der Waals surface area contributed by atoms with E-state index in [4.69, 9.17) is 9.26 Å². The molecule has 0 saturated carbocycles. The summed E-state index contributed by atoms with van der Waals surface area (Å²) in [6, 6.07) is 11.7. The number of rotatable bonds is 7. The summed E-state index contributed by atoms with van der Waals surface area (Å²) in [6.45, 7) is 4.74. The number of benzene rings is 1. The van der Waals surface area contributed by atoms with Crippen molar-refractivity contribution in [3.63, 3.8) is 0 Å². The fraction of sp³-hybridized carbons (Fsp3) is 0.333. The Morgan fingerprint density at radius 2 is 2.14 bits per heavy atom. The van der Waals surface area contributed by atoms with Gasteiger partial charge in [-0.15, -0.1) is 0 Å². The first kappa shape index (κ1) is 20.3. The van der Waals surface area contributed by atoms with Crippen LogP contribution >= 0.6 is 0 Å². The molecular weight excluding hydrogens is 368 g/mol. The van der Waals surface area contributed by atoms with Crippen LogP contribution in [-0.4, -0.2) is 41.8 Å². The molecular formula is C21H26N6O2. The van der Waals surface area contributed by atoms with Gasteiger partial charge in [-0.25, -0.2) is 0 Å². The van der Waals surface area contributed by atoms with E-state index < -0.39 is 0 Å². The van der Waals surface area contributed by atoms with E-state index in [0.717, 1.165) is 11.3 Å². The minimum absolute atomic E-state index is 0.0250. The lowest BCUT2D eigenvalue weighted by atomic mass is 10.0. The van der Waals surface area contributed by atoms with Gasteiger partial charge < -0.3 is 19.9 Å². The maximum atomic E-state index is 5.48. The molecule has 3 rings (SSSR count). The summed E-state index contributed by atoms with van der Waals surface area (Å²) in [7, 11) is 3.42. The molecule has 1 unspecified atom stereocenters. The lowest BCUT2D eigenvalue weighted by molar-refractivity contribution is 0.405. The number of aromatic nitrogens is 3. The number of methoxy groups -OCH3 is 1. The molecule has 0 bridgehead atoms. The summed E-state index contributed by atoms with van der Waals surface area (Å²) in [5.74, 6) is 2.57. The summed E-state index contributed by atoms with van der Waals surface area (Å²) >= 11 is 0. The third-order valence-corrected chi connectivity index (χ3v) is 4.42. The van der Waals surface area contributed by atoms with Gasteiger partial charge in [0.2, 0.25) is 0 Å². The zero-order valence-corrected chi connectivity index (χ0v) is 17.1. The van der Waals surface area contributed by atoms with Crippen LogP contribution in [0.3, 0.4) is 0 Å². The van der Waals surface area contributed by atoms with Gasteiger partial charge in [0.25, 0.3) is 5.89 Å². The predicted octanol–water partition coefficient (Wildman–Crippen LogP) is 2.92. The van der Waals surface area contributed by atoms with Crippen LogP contribution in [0.1, 0.15) is 29.9 Å². The summed E-state index contributed by atoms with van der Waals surface area (Å²) in [5, 5.41) is 10.7. The topological polar surface area (TPSA) is 97.5 Å². The van der Waals surface area contributed by atoms with Gasteiger partial charge >= 0.3 is 0 Å². The minimum atomic E-state index is 0.0250. The number of aliphatic imine (C=N–C) groups is 1. The number of hydrogen-bond acceptors (Lipinski definition) is 6. The highest BCUT2D eigenvalue weighted by atomic mass is 16.5. The second kappa shape index (κ2) is 9.68. The molecule has 29 heavy (non-hydrogen) atoms. The van der Waals surface area contributed by atoms with Crippen LogP contribution in [0.5, 0.6) is 5.75 Å². The highest BCUT2D eigenvalue weighted by Crippen LogP contribution is 2.25. The molecule has 0 amide bonds. The fourth-order valence-corrected chi connectivity index (χ4v) is 2.91. The van der Waals surface area contributed by atoms with Crippen molar-refractivity contribution in [2.75, 3.05) is 20.7 Å². The molecule has 0 aliphatic rings. The number of guanidine groups is 1. The number of nitrogens with one attached hydrogen (secondary N) is 2. The first-order valence-electron chi connectivity index (χ1n) is 9.46. The Morgan fingerprint density at radius 1 is 1.28 bits per heavy atom. The smallest absolute Gasteiger partial charge is 0.276 e. The monoisotopic (exact) mass is 394 g/mol. The average molecular weight is 394 g/mol. The van der Waals surface area contributed by atoms with Gasteiger partial charge in [-0.2, -0.15) is 4.98 Å². The van der Waals surface area contributed by atoms with Gasteiger partial charge in [-0.05, 0) is 32.0 Å². The van der Waals surface area contributed by atoms with Crippen molar-refractivity contribution in [2.24, 2.45) is 4.99 Å². The van der Waals surface area contributed by atoms with Crippen LogP contribution in [0.2, 0.25) is 0 Å². The molecule has 2 heterocycles. The SMILES string of the molecule is CN=C(NCCc1noc(-c2ccccn2)n1)NC(C)c1cc(C)ccc1OC. The van der Waals surface area contributed by atoms with Gasteiger partial charge in [-0.1, -0.05) is 28.9 Å². The fourth-order valence-electron chi connectivity index (χ4n) is 2.91. The molecule has 8 heteroatoms. The molecule has 2 aromatic heterocycles. The predicted molar refractivity (Wildman–Crippen MR) is 112 cm³/mol. The molecule has 0 spiro atoms. The van der Waals surface area contributed by atoms with Crippen LogP contribution in [0.4, 0.5) is 0 Å². The second-order valence-electron chi connectivity index (χ2n) is 6.59. The normalized spacial score (nSPS) is 12.5. The number of hydrogen-bond donors (Lipinski definition) is 2. The summed E-state index contributed by atoms with van der Waals surface area (Å²) in [4.78, 5) is 12.9. The van der Waals surface area contributed by atoms with Crippen molar-refractivity contribution >= 4 is 5.96 Å². The number of aryl methyl sites for hydroxylation is 1. The molecule has 0 fully saturated rings. The van der Waals surface area contributed by atoms with Crippen LogP contribution in [0.15, 0.2) is 52.1 Å². The van der Waals surface area contributed by atoms with E-state index in [2.05, 4.69) is 50.7 Å². The first-order valence-corrected chi connectivity index (χ1v) is 9.46. The molecule has 0 saturated heterocycles. The van der Waals surface area contributed by atoms with E-state index in [-0.39, 0.29) is 6.04 Å².